The molecule has 1 aliphatic heterocycles. The Kier molecular flexibility index (Phi) is 4.74. The Morgan fingerprint density at radius 3 is 2.86 bits per heavy atom. The van der Waals surface area contributed by atoms with Crippen LogP contribution < -0.4 is 15.4 Å². The van der Waals surface area contributed by atoms with E-state index in [9.17, 15) is 13.2 Å². The van der Waals surface area contributed by atoms with Gasteiger partial charge in [0.1, 0.15) is 12.0 Å². The third kappa shape index (κ3) is 3.68. The van der Waals surface area contributed by atoms with Gasteiger partial charge in [-0.05, 0) is 19.3 Å². The molecule has 2 N–H and O–H groups in total. The normalized spacial score (nSPS) is 19.6. The quantitative estimate of drug-likeness (QED) is 0.926. The molecule has 0 spiro atoms. The first-order chi connectivity index (χ1) is 9.93. The van der Waals surface area contributed by atoms with Crippen LogP contribution in [0.5, 0.6) is 5.88 Å². The van der Waals surface area contributed by atoms with Gasteiger partial charge in [-0.15, -0.1) is 0 Å². The Hall–Kier alpha value is -1.73. The Bertz CT molecular complexity index is 481. The maximum atomic E-state index is 12.9. The monoisotopic (exact) mass is 304 g/mol. The van der Waals surface area contributed by atoms with Gasteiger partial charge in [0.15, 0.2) is 5.82 Å². The molecule has 1 atom stereocenters. The van der Waals surface area contributed by atoms with E-state index in [1.165, 1.54) is 6.33 Å². The Morgan fingerprint density at radius 1 is 1.43 bits per heavy atom. The van der Waals surface area contributed by atoms with Crippen molar-refractivity contribution in [3.05, 3.63) is 6.33 Å². The van der Waals surface area contributed by atoms with Gasteiger partial charge in [0.2, 0.25) is 5.88 Å². The zero-order valence-corrected chi connectivity index (χ0v) is 11.9. The van der Waals surface area contributed by atoms with Crippen LogP contribution in [-0.4, -0.2) is 35.8 Å². The number of piperidine rings is 1. The fraction of sp³-hybridized carbons (Fsp3) is 0.692. The largest absolute Gasteiger partial charge is 0.476 e. The van der Waals surface area contributed by atoms with Crippen LogP contribution in [-0.2, 0) is 0 Å². The summed E-state index contributed by atoms with van der Waals surface area (Å²) in [5.41, 5.74) is 6.14. The predicted molar refractivity (Wildman–Crippen MR) is 73.2 cm³/mol. The van der Waals surface area contributed by atoms with Crippen LogP contribution in [0.4, 0.5) is 24.7 Å². The molecule has 0 amide bonds. The van der Waals surface area contributed by atoms with Crippen molar-refractivity contribution in [2.75, 3.05) is 30.3 Å². The Labute approximate surface area is 121 Å². The van der Waals surface area contributed by atoms with Gasteiger partial charge >= 0.3 is 6.18 Å². The van der Waals surface area contributed by atoms with Crippen molar-refractivity contribution >= 4 is 11.5 Å². The maximum Gasteiger partial charge on any atom is 0.393 e. The van der Waals surface area contributed by atoms with Gasteiger partial charge in [-0.2, -0.15) is 18.2 Å². The van der Waals surface area contributed by atoms with Crippen molar-refractivity contribution in [2.45, 2.75) is 32.4 Å². The summed E-state index contributed by atoms with van der Waals surface area (Å²) < 4.78 is 44.0. The number of hydrogen-bond donors (Lipinski definition) is 1. The van der Waals surface area contributed by atoms with E-state index in [0.717, 1.165) is 6.42 Å². The molecule has 0 aromatic carbocycles. The standard InChI is InChI=1S/C13H19F3N4O/c1-2-6-21-12-10(17)11(18-8-19-12)20-5-3-4-9(7-20)13(14,15)16/h8-9H,2-7,17H2,1H3. The van der Waals surface area contributed by atoms with Gasteiger partial charge in [0.05, 0.1) is 12.5 Å². The first-order valence-electron chi connectivity index (χ1n) is 6.98. The lowest BCUT2D eigenvalue weighted by molar-refractivity contribution is -0.176. The molecule has 1 aromatic rings. The summed E-state index contributed by atoms with van der Waals surface area (Å²) in [6, 6.07) is 0. The van der Waals surface area contributed by atoms with Crippen molar-refractivity contribution < 1.29 is 17.9 Å². The molecule has 1 fully saturated rings. The van der Waals surface area contributed by atoms with E-state index < -0.39 is 12.1 Å². The summed E-state index contributed by atoms with van der Waals surface area (Å²) in [5, 5.41) is 0. The van der Waals surface area contributed by atoms with E-state index in [-0.39, 0.29) is 24.5 Å². The molecule has 1 aromatic heterocycles. The van der Waals surface area contributed by atoms with E-state index in [0.29, 0.717) is 25.4 Å². The minimum absolute atomic E-state index is 0.127. The van der Waals surface area contributed by atoms with Crippen LogP contribution >= 0.6 is 0 Å². The van der Waals surface area contributed by atoms with Crippen LogP contribution in [0.2, 0.25) is 0 Å². The van der Waals surface area contributed by atoms with E-state index in [1.807, 2.05) is 6.92 Å². The SMILES string of the molecule is CCCOc1ncnc(N2CCCC(C(F)(F)F)C2)c1N. The average Bonchev–Trinajstić information content (AvgIpc) is 2.45. The number of rotatable bonds is 4. The molecule has 1 unspecified atom stereocenters. The van der Waals surface area contributed by atoms with Gasteiger partial charge in [-0.3, -0.25) is 0 Å². The summed E-state index contributed by atoms with van der Waals surface area (Å²) in [6.07, 6.45) is -1.53. The zero-order valence-electron chi connectivity index (χ0n) is 11.9. The highest BCUT2D eigenvalue weighted by Gasteiger charge is 2.42. The third-order valence-corrected chi connectivity index (χ3v) is 3.45. The van der Waals surface area contributed by atoms with Crippen LogP contribution in [0, 0.1) is 5.92 Å². The number of hydrogen-bond acceptors (Lipinski definition) is 5. The fourth-order valence-electron chi connectivity index (χ4n) is 2.37. The summed E-state index contributed by atoms with van der Waals surface area (Å²) in [6.45, 7) is 2.77. The number of halogens is 3. The molecule has 21 heavy (non-hydrogen) atoms. The fourth-order valence-corrected chi connectivity index (χ4v) is 2.37. The predicted octanol–water partition coefficient (Wildman–Crippen LogP) is 2.63. The van der Waals surface area contributed by atoms with Crippen molar-refractivity contribution in [3.63, 3.8) is 0 Å². The Morgan fingerprint density at radius 2 is 2.19 bits per heavy atom. The third-order valence-electron chi connectivity index (χ3n) is 3.45. The number of nitrogen functional groups attached to an aromatic ring is 1. The van der Waals surface area contributed by atoms with E-state index >= 15 is 0 Å². The topological polar surface area (TPSA) is 64.3 Å². The lowest BCUT2D eigenvalue weighted by atomic mass is 9.97. The molecule has 2 rings (SSSR count). The minimum atomic E-state index is -4.19. The van der Waals surface area contributed by atoms with Gasteiger partial charge in [-0.25, -0.2) is 4.98 Å². The molecule has 8 heteroatoms. The van der Waals surface area contributed by atoms with Gasteiger partial charge in [0, 0.05) is 13.1 Å². The molecular weight excluding hydrogens is 285 g/mol. The zero-order chi connectivity index (χ0) is 15.5. The second kappa shape index (κ2) is 6.36. The number of aromatic nitrogens is 2. The first kappa shape index (κ1) is 15.7. The number of nitrogens with two attached hydrogens (primary N) is 1. The number of nitrogens with zero attached hydrogens (tertiary/aromatic N) is 3. The molecule has 1 aliphatic rings. The molecular formula is C13H19F3N4O. The molecule has 0 radical (unpaired) electrons. The lowest BCUT2D eigenvalue weighted by Gasteiger charge is -2.34. The minimum Gasteiger partial charge on any atom is -0.476 e. The van der Waals surface area contributed by atoms with Crippen LogP contribution in [0.3, 0.4) is 0 Å². The lowest BCUT2D eigenvalue weighted by Crippen LogP contribution is -2.42. The molecule has 1 saturated heterocycles. The van der Waals surface area contributed by atoms with E-state index in [2.05, 4.69) is 9.97 Å². The van der Waals surface area contributed by atoms with Gasteiger partial charge in [0.25, 0.3) is 0 Å². The molecule has 0 saturated carbocycles. The molecule has 0 aliphatic carbocycles. The van der Waals surface area contributed by atoms with Crippen molar-refractivity contribution in [1.29, 1.82) is 0 Å². The highest BCUT2D eigenvalue weighted by Crippen LogP contribution is 2.36. The van der Waals surface area contributed by atoms with Crippen LogP contribution in [0.1, 0.15) is 26.2 Å². The first-order valence-corrected chi connectivity index (χ1v) is 6.98. The maximum absolute atomic E-state index is 12.9. The van der Waals surface area contributed by atoms with Gasteiger partial charge in [-0.1, -0.05) is 6.92 Å². The highest BCUT2D eigenvalue weighted by atomic mass is 19.4. The Balaban J connectivity index is 2.17. The number of alkyl halides is 3. The van der Waals surface area contributed by atoms with Crippen LogP contribution in [0.15, 0.2) is 6.33 Å². The van der Waals surface area contributed by atoms with E-state index in [1.54, 1.807) is 4.90 Å². The summed E-state index contributed by atoms with van der Waals surface area (Å²) >= 11 is 0. The second-order valence-electron chi connectivity index (χ2n) is 5.09. The van der Waals surface area contributed by atoms with Gasteiger partial charge < -0.3 is 15.4 Å². The summed E-state index contributed by atoms with van der Waals surface area (Å²) in [5.74, 6) is -0.790. The highest BCUT2D eigenvalue weighted by molar-refractivity contribution is 5.67. The smallest absolute Gasteiger partial charge is 0.393 e. The molecule has 5 nitrogen and oxygen atoms in total. The van der Waals surface area contributed by atoms with E-state index in [4.69, 9.17) is 10.5 Å². The molecule has 2 heterocycles. The number of ether oxygens (including phenoxy) is 1. The number of anilines is 2. The van der Waals surface area contributed by atoms with Crippen molar-refractivity contribution in [3.8, 4) is 5.88 Å². The van der Waals surface area contributed by atoms with Crippen molar-refractivity contribution in [2.24, 2.45) is 5.92 Å². The molecule has 0 bridgehead atoms. The second-order valence-corrected chi connectivity index (χ2v) is 5.09. The average molecular weight is 304 g/mol. The summed E-state index contributed by atoms with van der Waals surface area (Å²) in [4.78, 5) is 9.53. The van der Waals surface area contributed by atoms with Crippen LogP contribution in [0.25, 0.3) is 0 Å². The van der Waals surface area contributed by atoms with Crippen molar-refractivity contribution in [1.82, 2.24) is 9.97 Å². The summed E-state index contributed by atoms with van der Waals surface area (Å²) in [7, 11) is 0. The molecule has 118 valence electrons.